The second kappa shape index (κ2) is 5.48. The second-order valence-electron chi connectivity index (χ2n) is 4.38. The first-order valence-corrected chi connectivity index (χ1v) is 6.91. The minimum Gasteiger partial charge on any atom is -0.344 e. The summed E-state index contributed by atoms with van der Waals surface area (Å²) >= 11 is 1.59. The van der Waals surface area contributed by atoms with Gasteiger partial charge in [-0.1, -0.05) is 6.92 Å². The molecule has 1 fully saturated rings. The molecule has 2 amide bonds. The second-order valence-corrected chi connectivity index (χ2v) is 5.70. The molecule has 1 aromatic heterocycles. The molecule has 1 aromatic rings. The molecule has 0 aromatic carbocycles. The van der Waals surface area contributed by atoms with Crippen molar-refractivity contribution in [2.45, 2.75) is 39.3 Å². The van der Waals surface area contributed by atoms with Crippen LogP contribution in [0.25, 0.3) is 0 Å². The van der Waals surface area contributed by atoms with Crippen LogP contribution in [0.5, 0.6) is 0 Å². The SMILES string of the molecule is CCC1NC(=O)CCN(Cc2cnc(C)s2)C1=O. The number of nitrogens with zero attached hydrogens (tertiary/aromatic N) is 2. The highest BCUT2D eigenvalue weighted by molar-refractivity contribution is 7.11. The normalized spacial score (nSPS) is 20.8. The number of aryl methyl sites for hydroxylation is 1. The summed E-state index contributed by atoms with van der Waals surface area (Å²) in [5.74, 6) is -0.0346. The molecule has 1 N–H and O–H groups in total. The van der Waals surface area contributed by atoms with Crippen LogP contribution in [-0.2, 0) is 16.1 Å². The van der Waals surface area contributed by atoms with Gasteiger partial charge in [0, 0.05) is 24.0 Å². The Hall–Kier alpha value is -1.43. The van der Waals surface area contributed by atoms with E-state index in [1.54, 1.807) is 22.4 Å². The number of carbonyl (C=O) groups excluding carboxylic acids is 2. The summed E-state index contributed by atoms with van der Waals surface area (Å²) in [5.41, 5.74) is 0. The number of rotatable bonds is 3. The number of aromatic nitrogens is 1. The van der Waals surface area contributed by atoms with E-state index in [2.05, 4.69) is 10.3 Å². The standard InChI is InChI=1S/C12H17N3O2S/c1-3-10-12(17)15(5-4-11(16)14-10)7-9-6-13-8(2)18-9/h6,10H,3-5,7H2,1-2H3,(H,14,16). The van der Waals surface area contributed by atoms with Crippen molar-refractivity contribution in [3.63, 3.8) is 0 Å². The van der Waals surface area contributed by atoms with Crippen LogP contribution in [0.2, 0.25) is 0 Å². The van der Waals surface area contributed by atoms with Crippen LogP contribution >= 0.6 is 11.3 Å². The molecule has 1 atom stereocenters. The third kappa shape index (κ3) is 2.87. The Labute approximate surface area is 110 Å². The van der Waals surface area contributed by atoms with Crippen LogP contribution in [0.1, 0.15) is 29.7 Å². The lowest BCUT2D eigenvalue weighted by atomic mass is 10.2. The highest BCUT2D eigenvalue weighted by Gasteiger charge is 2.28. The van der Waals surface area contributed by atoms with Crippen LogP contribution in [0.4, 0.5) is 0 Å². The minimum atomic E-state index is -0.381. The Morgan fingerprint density at radius 2 is 2.33 bits per heavy atom. The summed E-state index contributed by atoms with van der Waals surface area (Å²) in [6.07, 6.45) is 2.80. The molecule has 1 saturated heterocycles. The molecule has 2 rings (SSSR count). The van der Waals surface area contributed by atoms with Crippen molar-refractivity contribution in [1.82, 2.24) is 15.2 Å². The third-order valence-electron chi connectivity index (χ3n) is 2.98. The highest BCUT2D eigenvalue weighted by atomic mass is 32.1. The number of hydrogen-bond donors (Lipinski definition) is 1. The van der Waals surface area contributed by atoms with Gasteiger partial charge in [-0.25, -0.2) is 4.98 Å². The van der Waals surface area contributed by atoms with E-state index in [9.17, 15) is 9.59 Å². The van der Waals surface area contributed by atoms with Gasteiger partial charge < -0.3 is 10.2 Å². The predicted octanol–water partition coefficient (Wildman–Crippen LogP) is 1.08. The average Bonchev–Trinajstić information content (AvgIpc) is 2.70. The number of amides is 2. The van der Waals surface area contributed by atoms with Gasteiger partial charge in [-0.15, -0.1) is 11.3 Å². The molecule has 5 nitrogen and oxygen atoms in total. The molecule has 18 heavy (non-hydrogen) atoms. The summed E-state index contributed by atoms with van der Waals surface area (Å²) in [5, 5.41) is 3.75. The van der Waals surface area contributed by atoms with Crippen molar-refractivity contribution in [3.05, 3.63) is 16.1 Å². The molecule has 0 aliphatic carbocycles. The van der Waals surface area contributed by atoms with Gasteiger partial charge in [0.25, 0.3) is 0 Å². The summed E-state index contributed by atoms with van der Waals surface area (Å²) in [7, 11) is 0. The maximum Gasteiger partial charge on any atom is 0.245 e. The number of thiazole rings is 1. The van der Waals surface area contributed by atoms with E-state index in [-0.39, 0.29) is 17.9 Å². The van der Waals surface area contributed by atoms with Gasteiger partial charge in [0.15, 0.2) is 0 Å². The summed E-state index contributed by atoms with van der Waals surface area (Å²) in [4.78, 5) is 30.7. The van der Waals surface area contributed by atoms with Crippen molar-refractivity contribution < 1.29 is 9.59 Å². The zero-order valence-electron chi connectivity index (χ0n) is 10.6. The maximum absolute atomic E-state index is 12.2. The molecule has 0 radical (unpaired) electrons. The Morgan fingerprint density at radius 3 is 2.94 bits per heavy atom. The summed E-state index contributed by atoms with van der Waals surface area (Å²) in [6, 6.07) is -0.381. The fourth-order valence-electron chi connectivity index (χ4n) is 2.00. The minimum absolute atomic E-state index is 0.00871. The monoisotopic (exact) mass is 267 g/mol. The molecule has 1 aliphatic heterocycles. The van der Waals surface area contributed by atoms with Crippen LogP contribution in [-0.4, -0.2) is 34.3 Å². The van der Waals surface area contributed by atoms with E-state index in [4.69, 9.17) is 0 Å². The summed E-state index contributed by atoms with van der Waals surface area (Å²) in [6.45, 7) is 4.88. The molecule has 2 heterocycles. The Morgan fingerprint density at radius 1 is 1.56 bits per heavy atom. The average molecular weight is 267 g/mol. The van der Waals surface area contributed by atoms with Crippen LogP contribution in [0.3, 0.4) is 0 Å². The lowest BCUT2D eigenvalue weighted by molar-refractivity contribution is -0.134. The molecule has 0 saturated carbocycles. The predicted molar refractivity (Wildman–Crippen MR) is 69.1 cm³/mol. The zero-order chi connectivity index (χ0) is 13.1. The van der Waals surface area contributed by atoms with Gasteiger partial charge >= 0.3 is 0 Å². The van der Waals surface area contributed by atoms with Crippen molar-refractivity contribution in [2.24, 2.45) is 0 Å². The van der Waals surface area contributed by atoms with Gasteiger partial charge in [0.05, 0.1) is 11.6 Å². The quantitative estimate of drug-likeness (QED) is 0.891. The van der Waals surface area contributed by atoms with E-state index in [0.717, 1.165) is 9.88 Å². The maximum atomic E-state index is 12.2. The number of hydrogen-bond acceptors (Lipinski definition) is 4. The molecule has 98 valence electrons. The van der Waals surface area contributed by atoms with Crippen molar-refractivity contribution in [3.8, 4) is 0 Å². The molecule has 0 bridgehead atoms. The molecule has 6 heteroatoms. The molecular formula is C12H17N3O2S. The van der Waals surface area contributed by atoms with Crippen LogP contribution in [0, 0.1) is 6.92 Å². The Kier molecular flexibility index (Phi) is 3.96. The fraction of sp³-hybridized carbons (Fsp3) is 0.583. The molecule has 0 spiro atoms. The topological polar surface area (TPSA) is 62.3 Å². The van der Waals surface area contributed by atoms with Crippen molar-refractivity contribution in [2.75, 3.05) is 6.54 Å². The largest absolute Gasteiger partial charge is 0.344 e. The Bertz CT molecular complexity index is 458. The van der Waals surface area contributed by atoms with Crippen LogP contribution in [0.15, 0.2) is 6.20 Å². The smallest absolute Gasteiger partial charge is 0.245 e. The number of carbonyl (C=O) groups is 2. The van der Waals surface area contributed by atoms with Crippen molar-refractivity contribution >= 4 is 23.2 Å². The third-order valence-corrected chi connectivity index (χ3v) is 3.88. The first-order valence-electron chi connectivity index (χ1n) is 6.09. The van der Waals surface area contributed by atoms with Gasteiger partial charge in [-0.3, -0.25) is 9.59 Å². The van der Waals surface area contributed by atoms with Gasteiger partial charge in [0.1, 0.15) is 6.04 Å². The fourth-order valence-corrected chi connectivity index (χ4v) is 2.81. The van der Waals surface area contributed by atoms with Crippen molar-refractivity contribution in [1.29, 1.82) is 0 Å². The van der Waals surface area contributed by atoms with E-state index >= 15 is 0 Å². The van der Waals surface area contributed by atoms with E-state index in [0.29, 0.717) is 25.9 Å². The van der Waals surface area contributed by atoms with Gasteiger partial charge in [-0.2, -0.15) is 0 Å². The number of nitrogens with one attached hydrogen (secondary N) is 1. The zero-order valence-corrected chi connectivity index (χ0v) is 11.4. The molecule has 1 aliphatic rings. The van der Waals surface area contributed by atoms with E-state index in [1.165, 1.54) is 0 Å². The first kappa shape index (κ1) is 13.0. The lowest BCUT2D eigenvalue weighted by Crippen LogP contribution is -2.43. The van der Waals surface area contributed by atoms with E-state index < -0.39 is 0 Å². The first-order chi connectivity index (χ1) is 8.60. The summed E-state index contributed by atoms with van der Waals surface area (Å²) < 4.78 is 0. The molecule has 1 unspecified atom stereocenters. The van der Waals surface area contributed by atoms with E-state index in [1.807, 2.05) is 13.8 Å². The van der Waals surface area contributed by atoms with Gasteiger partial charge in [0.2, 0.25) is 11.8 Å². The molecular weight excluding hydrogens is 250 g/mol. The highest BCUT2D eigenvalue weighted by Crippen LogP contribution is 2.16. The van der Waals surface area contributed by atoms with Crippen LogP contribution < -0.4 is 5.32 Å². The van der Waals surface area contributed by atoms with Gasteiger partial charge in [-0.05, 0) is 13.3 Å². The lowest BCUT2D eigenvalue weighted by Gasteiger charge is -2.22. The Balaban J connectivity index is 2.10.